The molecule has 55 heavy (non-hydrogen) atoms. The van der Waals surface area contributed by atoms with Crippen molar-refractivity contribution >= 4 is 51.2 Å². The molecule has 0 saturated heterocycles. The van der Waals surface area contributed by atoms with Gasteiger partial charge in [0.25, 0.3) is 0 Å². The predicted molar refractivity (Wildman–Crippen MR) is 230 cm³/mol. The molecular formula is C51H41N3O. The molecule has 0 aromatic heterocycles. The zero-order chi connectivity index (χ0) is 36.8. The van der Waals surface area contributed by atoms with Gasteiger partial charge in [-0.3, -0.25) is 0 Å². The van der Waals surface area contributed by atoms with Crippen molar-refractivity contribution in [3.63, 3.8) is 0 Å². The van der Waals surface area contributed by atoms with Gasteiger partial charge in [0.15, 0.2) is 0 Å². The lowest BCUT2D eigenvalue weighted by Gasteiger charge is -2.29. The molecule has 0 aliphatic heterocycles. The molecule has 0 unspecified atom stereocenters. The van der Waals surface area contributed by atoms with Gasteiger partial charge < -0.3 is 19.4 Å². The van der Waals surface area contributed by atoms with Gasteiger partial charge in [-0.25, -0.2) is 0 Å². The minimum atomic E-state index is 0.388. The Morgan fingerprint density at radius 1 is 0.273 bits per heavy atom. The molecular weight excluding hydrogens is 671 g/mol. The highest BCUT2D eigenvalue weighted by molar-refractivity contribution is 5.84. The Morgan fingerprint density at radius 3 is 0.782 bits per heavy atom. The van der Waals surface area contributed by atoms with Crippen molar-refractivity contribution in [2.45, 2.75) is 18.9 Å². The number of anilines is 9. The van der Waals surface area contributed by atoms with Gasteiger partial charge in [0.2, 0.25) is 0 Å². The maximum Gasteiger partial charge on any atom is 0.119 e. The lowest BCUT2D eigenvalue weighted by atomic mass is 10.0. The quantitative estimate of drug-likeness (QED) is 0.126. The Kier molecular flexibility index (Phi) is 9.53. The molecule has 4 nitrogen and oxygen atoms in total. The second kappa shape index (κ2) is 15.5. The lowest BCUT2D eigenvalue weighted by Crippen LogP contribution is -2.13. The Morgan fingerprint density at radius 2 is 0.509 bits per heavy atom. The molecule has 9 rings (SSSR count). The standard InChI is InChI=1S/C51H41N3O/c1-5-13-41(14-6-1)52(42-15-7-2-8-16-42)46-27-31-48(32-28-46)54(45-25-21-39(22-26-45)40-23-35-50(36-24-40)55-51-37-38-51)49-33-29-47(30-34-49)53(43-17-9-3-10-18-43)44-19-11-4-12-20-44/h1-36,51H,37-38H2. The third kappa shape index (κ3) is 7.57. The van der Waals surface area contributed by atoms with Crippen molar-refractivity contribution in [3.05, 3.63) is 218 Å². The number of ether oxygens (including phenoxy) is 1. The molecule has 0 amide bonds. The van der Waals surface area contributed by atoms with Crippen LogP contribution in [0, 0.1) is 0 Å². The monoisotopic (exact) mass is 711 g/mol. The fraction of sp³-hybridized carbons (Fsp3) is 0.0588. The van der Waals surface area contributed by atoms with E-state index in [1.54, 1.807) is 0 Å². The summed E-state index contributed by atoms with van der Waals surface area (Å²) in [6, 6.07) is 77.1. The first kappa shape index (κ1) is 33.8. The topological polar surface area (TPSA) is 19.0 Å². The average Bonchev–Trinajstić information content (AvgIpc) is 4.09. The van der Waals surface area contributed by atoms with E-state index in [1.165, 1.54) is 5.56 Å². The first-order chi connectivity index (χ1) is 27.3. The molecule has 1 saturated carbocycles. The van der Waals surface area contributed by atoms with E-state index >= 15 is 0 Å². The molecule has 0 radical (unpaired) electrons. The zero-order valence-corrected chi connectivity index (χ0v) is 30.5. The van der Waals surface area contributed by atoms with Crippen LogP contribution >= 0.6 is 0 Å². The van der Waals surface area contributed by atoms with E-state index in [2.05, 4.69) is 233 Å². The normalized spacial score (nSPS) is 12.1. The fourth-order valence-corrected chi connectivity index (χ4v) is 7.06. The third-order valence-corrected chi connectivity index (χ3v) is 9.93. The maximum absolute atomic E-state index is 6.00. The molecule has 1 aliphatic rings. The molecule has 266 valence electrons. The van der Waals surface area contributed by atoms with E-state index in [4.69, 9.17) is 4.74 Å². The van der Waals surface area contributed by atoms with Crippen LogP contribution < -0.4 is 19.4 Å². The van der Waals surface area contributed by atoms with Crippen molar-refractivity contribution in [2.75, 3.05) is 14.7 Å². The highest BCUT2D eigenvalue weighted by Gasteiger charge is 2.23. The molecule has 0 heterocycles. The number of para-hydroxylation sites is 4. The molecule has 0 atom stereocenters. The van der Waals surface area contributed by atoms with Crippen molar-refractivity contribution in [1.82, 2.24) is 0 Å². The average molecular weight is 712 g/mol. The van der Waals surface area contributed by atoms with Gasteiger partial charge in [-0.1, -0.05) is 97.1 Å². The first-order valence-electron chi connectivity index (χ1n) is 18.9. The fourth-order valence-electron chi connectivity index (χ4n) is 7.06. The minimum Gasteiger partial charge on any atom is -0.490 e. The summed E-state index contributed by atoms with van der Waals surface area (Å²) in [5, 5.41) is 0. The van der Waals surface area contributed by atoms with Crippen LogP contribution in [0.15, 0.2) is 218 Å². The van der Waals surface area contributed by atoms with Crippen LogP contribution in [0.5, 0.6) is 5.75 Å². The summed E-state index contributed by atoms with van der Waals surface area (Å²) >= 11 is 0. The van der Waals surface area contributed by atoms with Gasteiger partial charge in [0, 0.05) is 51.2 Å². The van der Waals surface area contributed by atoms with Gasteiger partial charge >= 0.3 is 0 Å². The minimum absolute atomic E-state index is 0.388. The van der Waals surface area contributed by atoms with Crippen molar-refractivity contribution in [3.8, 4) is 16.9 Å². The maximum atomic E-state index is 6.00. The van der Waals surface area contributed by atoms with E-state index in [-0.39, 0.29) is 0 Å². The van der Waals surface area contributed by atoms with Gasteiger partial charge in [-0.05, 0) is 145 Å². The smallest absolute Gasteiger partial charge is 0.119 e. The van der Waals surface area contributed by atoms with Crippen LogP contribution in [0.4, 0.5) is 51.2 Å². The second-order valence-corrected chi connectivity index (χ2v) is 13.8. The van der Waals surface area contributed by atoms with Crippen molar-refractivity contribution < 1.29 is 4.74 Å². The van der Waals surface area contributed by atoms with E-state index in [1.807, 2.05) is 0 Å². The van der Waals surface area contributed by atoms with Gasteiger partial charge in [-0.2, -0.15) is 0 Å². The molecule has 1 aliphatic carbocycles. The van der Waals surface area contributed by atoms with E-state index in [0.717, 1.165) is 75.3 Å². The second-order valence-electron chi connectivity index (χ2n) is 13.8. The van der Waals surface area contributed by atoms with E-state index in [9.17, 15) is 0 Å². The van der Waals surface area contributed by atoms with Gasteiger partial charge in [-0.15, -0.1) is 0 Å². The summed E-state index contributed by atoms with van der Waals surface area (Å²) in [6.45, 7) is 0. The summed E-state index contributed by atoms with van der Waals surface area (Å²) < 4.78 is 6.00. The van der Waals surface area contributed by atoms with Crippen molar-refractivity contribution in [2.24, 2.45) is 0 Å². The van der Waals surface area contributed by atoms with Crippen LogP contribution in [0.3, 0.4) is 0 Å². The largest absolute Gasteiger partial charge is 0.490 e. The molecule has 1 fully saturated rings. The van der Waals surface area contributed by atoms with Crippen LogP contribution in [-0.2, 0) is 0 Å². The van der Waals surface area contributed by atoms with Crippen LogP contribution in [-0.4, -0.2) is 6.10 Å². The molecule has 4 heteroatoms. The summed E-state index contributed by atoms with van der Waals surface area (Å²) in [5.74, 6) is 0.942. The van der Waals surface area contributed by atoms with Crippen molar-refractivity contribution in [1.29, 1.82) is 0 Å². The first-order valence-corrected chi connectivity index (χ1v) is 18.9. The zero-order valence-electron chi connectivity index (χ0n) is 30.5. The molecule has 8 aromatic rings. The summed E-state index contributed by atoms with van der Waals surface area (Å²) in [7, 11) is 0. The van der Waals surface area contributed by atoms with Crippen LogP contribution in [0.25, 0.3) is 11.1 Å². The number of hydrogen-bond donors (Lipinski definition) is 0. The number of nitrogens with zero attached hydrogens (tertiary/aromatic N) is 3. The Hall–Kier alpha value is -7.04. The SMILES string of the molecule is c1ccc(N(c2ccccc2)c2ccc(N(c3ccc(-c4ccc(OC5CC5)cc4)cc3)c3ccc(N(c4ccccc4)c4ccccc4)cc3)cc2)cc1. The van der Waals surface area contributed by atoms with Crippen LogP contribution in [0.2, 0.25) is 0 Å². The van der Waals surface area contributed by atoms with Gasteiger partial charge in [0.1, 0.15) is 5.75 Å². The highest BCUT2D eigenvalue weighted by atomic mass is 16.5. The number of benzene rings is 8. The van der Waals surface area contributed by atoms with E-state index in [0.29, 0.717) is 6.10 Å². The predicted octanol–water partition coefficient (Wildman–Crippen LogP) is 14.3. The Labute approximate surface area is 323 Å². The highest BCUT2D eigenvalue weighted by Crippen LogP contribution is 2.41. The summed E-state index contributed by atoms with van der Waals surface area (Å²) in [4.78, 5) is 6.91. The van der Waals surface area contributed by atoms with Gasteiger partial charge in [0.05, 0.1) is 6.10 Å². The van der Waals surface area contributed by atoms with E-state index < -0.39 is 0 Å². The van der Waals surface area contributed by atoms with Crippen LogP contribution in [0.1, 0.15) is 12.8 Å². The lowest BCUT2D eigenvalue weighted by molar-refractivity contribution is 0.303. The summed E-state index contributed by atoms with van der Waals surface area (Å²) in [6.07, 6.45) is 2.70. The molecule has 0 spiro atoms. The molecule has 0 N–H and O–H groups in total. The molecule has 8 aromatic carbocycles. The number of hydrogen-bond acceptors (Lipinski definition) is 4. The third-order valence-electron chi connectivity index (χ3n) is 9.93. The number of rotatable bonds is 12. The summed E-state index contributed by atoms with van der Waals surface area (Å²) in [5.41, 5.74) is 12.1. The molecule has 0 bridgehead atoms. The Balaban J connectivity index is 1.08. The Bertz CT molecular complexity index is 2210.